The Balaban J connectivity index is 1.34. The van der Waals surface area contributed by atoms with E-state index in [1.165, 1.54) is 0 Å². The number of nitrogens with zero attached hydrogens (tertiary/aromatic N) is 2. The van der Waals surface area contributed by atoms with Crippen molar-refractivity contribution < 1.29 is 19.7 Å². The van der Waals surface area contributed by atoms with Gasteiger partial charge in [0.1, 0.15) is 24.7 Å². The highest BCUT2D eigenvalue weighted by molar-refractivity contribution is 6.30. The third kappa shape index (κ3) is 6.30. The maximum Gasteiger partial charge on any atom is 0.131 e. The molecule has 2 aliphatic rings. The van der Waals surface area contributed by atoms with Gasteiger partial charge in [0.05, 0.1) is 16.9 Å². The van der Waals surface area contributed by atoms with Crippen molar-refractivity contribution >= 4 is 17.2 Å². The average Bonchev–Trinajstić information content (AvgIpc) is 3.06. The fourth-order valence-corrected chi connectivity index (χ4v) is 5.60. The number of pyridine rings is 1. The number of fused-ring (bicyclic) bond motifs is 2. The van der Waals surface area contributed by atoms with Crippen molar-refractivity contribution in [3.05, 3.63) is 94.3 Å². The quantitative estimate of drug-likeness (QED) is 0.387. The van der Waals surface area contributed by atoms with Crippen LogP contribution < -0.4 is 9.47 Å². The van der Waals surface area contributed by atoms with Crippen molar-refractivity contribution in [2.24, 2.45) is 5.92 Å². The molecular weight excluding hydrogens is 512 g/mol. The molecule has 0 saturated carbocycles. The molecular formula is C32H37ClN2O4. The first-order valence-corrected chi connectivity index (χ1v) is 14.0. The summed E-state index contributed by atoms with van der Waals surface area (Å²) in [5.74, 6) is 1.56. The van der Waals surface area contributed by atoms with E-state index in [1.54, 1.807) is 20.0 Å². The molecule has 206 valence electrons. The van der Waals surface area contributed by atoms with E-state index >= 15 is 0 Å². The van der Waals surface area contributed by atoms with Crippen LogP contribution in [-0.4, -0.2) is 51.9 Å². The standard InChI is InChI=1S/C32H37ClN2O4/c1-22-19-35(17-14-32(22,37)23-8-10-24(33)11-9-23)16-5-7-26-27-6-4-15-34-29(27)20-38-30-13-12-25(18-28(26)30)39-21-31(2,3)36/h4,6-13,15,18,22,36-37H,5,14,16-17,19-21H2,1-3H3. The van der Waals surface area contributed by atoms with Crippen molar-refractivity contribution in [2.75, 3.05) is 26.2 Å². The Labute approximate surface area is 235 Å². The van der Waals surface area contributed by atoms with Gasteiger partial charge >= 0.3 is 0 Å². The molecule has 39 heavy (non-hydrogen) atoms. The summed E-state index contributed by atoms with van der Waals surface area (Å²) in [5, 5.41) is 22.3. The Morgan fingerprint density at radius 3 is 2.72 bits per heavy atom. The summed E-state index contributed by atoms with van der Waals surface area (Å²) in [7, 11) is 0. The van der Waals surface area contributed by atoms with E-state index in [0.29, 0.717) is 23.8 Å². The number of halogens is 1. The number of rotatable bonds is 7. The molecule has 1 aromatic heterocycles. The number of hydrogen-bond acceptors (Lipinski definition) is 6. The average molecular weight is 549 g/mol. The highest BCUT2D eigenvalue weighted by Gasteiger charge is 2.40. The molecule has 5 rings (SSSR count). The van der Waals surface area contributed by atoms with Crippen molar-refractivity contribution in [3.8, 4) is 11.5 Å². The molecule has 3 heterocycles. The van der Waals surface area contributed by atoms with Gasteiger partial charge in [0.15, 0.2) is 0 Å². The first-order valence-electron chi connectivity index (χ1n) is 13.6. The molecule has 1 fully saturated rings. The maximum absolute atomic E-state index is 11.5. The third-order valence-corrected chi connectivity index (χ3v) is 7.92. The number of piperidine rings is 1. The van der Waals surface area contributed by atoms with Gasteiger partial charge in [0.25, 0.3) is 0 Å². The summed E-state index contributed by atoms with van der Waals surface area (Å²) in [6.07, 6.45) is 5.57. The van der Waals surface area contributed by atoms with E-state index in [2.05, 4.69) is 29.0 Å². The molecule has 0 bridgehead atoms. The van der Waals surface area contributed by atoms with Crippen LogP contribution in [0, 0.1) is 5.92 Å². The molecule has 2 aromatic carbocycles. The number of aliphatic hydroxyl groups is 2. The van der Waals surface area contributed by atoms with E-state index in [0.717, 1.165) is 59.8 Å². The molecule has 7 heteroatoms. The van der Waals surface area contributed by atoms with Gasteiger partial charge in [0, 0.05) is 47.9 Å². The Morgan fingerprint density at radius 2 is 1.97 bits per heavy atom. The largest absolute Gasteiger partial charge is 0.491 e. The maximum atomic E-state index is 11.5. The number of aromatic nitrogens is 1. The van der Waals surface area contributed by atoms with Gasteiger partial charge in [-0.1, -0.05) is 42.8 Å². The molecule has 1 saturated heterocycles. The van der Waals surface area contributed by atoms with E-state index in [1.807, 2.05) is 48.5 Å². The van der Waals surface area contributed by atoms with Gasteiger partial charge in [-0.15, -0.1) is 0 Å². The topological polar surface area (TPSA) is 75.1 Å². The lowest BCUT2D eigenvalue weighted by Crippen LogP contribution is -2.49. The summed E-state index contributed by atoms with van der Waals surface area (Å²) in [4.78, 5) is 7.01. The van der Waals surface area contributed by atoms with Gasteiger partial charge in [-0.25, -0.2) is 0 Å². The monoisotopic (exact) mass is 548 g/mol. The van der Waals surface area contributed by atoms with E-state index in [4.69, 9.17) is 21.1 Å². The Morgan fingerprint density at radius 1 is 1.18 bits per heavy atom. The zero-order valence-corrected chi connectivity index (χ0v) is 23.6. The minimum atomic E-state index is -0.927. The van der Waals surface area contributed by atoms with Gasteiger partial charge in [-0.2, -0.15) is 0 Å². The second-order valence-electron chi connectivity index (χ2n) is 11.3. The highest BCUT2D eigenvalue weighted by Crippen LogP contribution is 2.40. The lowest BCUT2D eigenvalue weighted by Gasteiger charge is -2.43. The normalized spacial score (nSPS) is 22.5. The van der Waals surface area contributed by atoms with Crippen molar-refractivity contribution in [3.63, 3.8) is 0 Å². The summed E-state index contributed by atoms with van der Waals surface area (Å²) < 4.78 is 12.0. The minimum absolute atomic E-state index is 0.0903. The summed E-state index contributed by atoms with van der Waals surface area (Å²) in [6, 6.07) is 17.4. The van der Waals surface area contributed by atoms with Crippen LogP contribution in [0.25, 0.3) is 5.57 Å². The van der Waals surface area contributed by atoms with Gasteiger partial charge in [0.2, 0.25) is 0 Å². The van der Waals surface area contributed by atoms with Crippen molar-refractivity contribution in [2.45, 2.75) is 51.4 Å². The molecule has 2 aliphatic heterocycles. The van der Waals surface area contributed by atoms with Crippen molar-refractivity contribution in [1.29, 1.82) is 0 Å². The Bertz CT molecular complexity index is 1330. The molecule has 6 nitrogen and oxygen atoms in total. The number of ether oxygens (including phenoxy) is 2. The van der Waals surface area contributed by atoms with Gasteiger partial charge < -0.3 is 24.6 Å². The SMILES string of the molecule is CC1CN(CCC=C2c3cc(OCC(C)(C)O)ccc3OCc3ncccc32)CCC1(O)c1ccc(Cl)cc1. The lowest BCUT2D eigenvalue weighted by molar-refractivity contribution is -0.0706. The summed E-state index contributed by atoms with van der Waals surface area (Å²) >= 11 is 6.07. The minimum Gasteiger partial charge on any atom is -0.491 e. The molecule has 0 amide bonds. The van der Waals surface area contributed by atoms with E-state index < -0.39 is 11.2 Å². The smallest absolute Gasteiger partial charge is 0.131 e. The molecule has 2 atom stereocenters. The zero-order chi connectivity index (χ0) is 27.6. The van der Waals surface area contributed by atoms with Crippen LogP contribution >= 0.6 is 11.6 Å². The highest BCUT2D eigenvalue weighted by atomic mass is 35.5. The summed E-state index contributed by atoms with van der Waals surface area (Å²) in [5.41, 5.74) is 3.15. The molecule has 2 N–H and O–H groups in total. The predicted octanol–water partition coefficient (Wildman–Crippen LogP) is 5.83. The number of hydrogen-bond donors (Lipinski definition) is 2. The van der Waals surface area contributed by atoms with Crippen molar-refractivity contribution in [1.82, 2.24) is 9.88 Å². The van der Waals surface area contributed by atoms with E-state index in [9.17, 15) is 10.2 Å². The summed E-state index contributed by atoms with van der Waals surface area (Å²) in [6.45, 7) is 8.68. The molecule has 2 unspecified atom stereocenters. The Hall–Kier alpha value is -2.90. The van der Waals surface area contributed by atoms with Crippen LogP contribution in [0.15, 0.2) is 66.9 Å². The third-order valence-electron chi connectivity index (χ3n) is 7.67. The van der Waals surface area contributed by atoms with Crippen LogP contribution in [0.2, 0.25) is 5.02 Å². The Kier molecular flexibility index (Phi) is 8.01. The number of likely N-dealkylation sites (tertiary alicyclic amines) is 1. The molecule has 0 radical (unpaired) electrons. The van der Waals surface area contributed by atoms with Crippen LogP contribution in [-0.2, 0) is 12.2 Å². The van der Waals surface area contributed by atoms with Crippen LogP contribution in [0.4, 0.5) is 0 Å². The second kappa shape index (κ2) is 11.3. The van der Waals surface area contributed by atoms with Crippen LogP contribution in [0.5, 0.6) is 11.5 Å². The molecule has 0 spiro atoms. The molecule has 0 aliphatic carbocycles. The fraction of sp³-hybridized carbons (Fsp3) is 0.406. The first-order chi connectivity index (χ1) is 18.6. The van der Waals surface area contributed by atoms with E-state index in [-0.39, 0.29) is 12.5 Å². The molecule has 3 aromatic rings. The van der Waals surface area contributed by atoms with Gasteiger partial charge in [-0.3, -0.25) is 4.98 Å². The van der Waals surface area contributed by atoms with Gasteiger partial charge in [-0.05, 0) is 74.2 Å². The lowest BCUT2D eigenvalue weighted by atomic mass is 9.77. The zero-order valence-electron chi connectivity index (χ0n) is 22.9. The fourth-order valence-electron chi connectivity index (χ4n) is 5.47. The first kappa shape index (κ1) is 27.7. The van der Waals surface area contributed by atoms with Crippen LogP contribution in [0.1, 0.15) is 56.0 Å². The van der Waals surface area contributed by atoms with Crippen LogP contribution in [0.3, 0.4) is 0 Å². The second-order valence-corrected chi connectivity index (χ2v) is 11.8. The number of benzene rings is 2. The predicted molar refractivity (Wildman–Crippen MR) is 154 cm³/mol.